The van der Waals surface area contributed by atoms with E-state index in [0.717, 1.165) is 12.1 Å². The molecule has 0 aliphatic carbocycles. The van der Waals surface area contributed by atoms with Crippen LogP contribution in [0.3, 0.4) is 0 Å². The molecule has 2 aromatic rings. The average Bonchev–Trinajstić information content (AvgIpc) is 2.90. The number of rotatable bonds is 6. The zero-order chi connectivity index (χ0) is 13.5. The Bertz CT molecular complexity index is 528. The van der Waals surface area contributed by atoms with Gasteiger partial charge in [-0.3, -0.25) is 10.1 Å². The molecule has 0 saturated carbocycles. The van der Waals surface area contributed by atoms with Crippen LogP contribution in [0.1, 0.15) is 5.56 Å². The van der Waals surface area contributed by atoms with E-state index in [2.05, 4.69) is 15.6 Å². The quantitative estimate of drug-likeness (QED) is 0.846. The molecule has 0 fully saturated rings. The summed E-state index contributed by atoms with van der Waals surface area (Å²) in [6, 6.07) is 7.64. The first-order chi connectivity index (χ1) is 9.28. The lowest BCUT2D eigenvalue weighted by molar-refractivity contribution is -0.118. The molecule has 0 aliphatic rings. The summed E-state index contributed by atoms with van der Waals surface area (Å²) in [5, 5.41) is 8.11. The van der Waals surface area contributed by atoms with Crippen LogP contribution in [0.2, 0.25) is 0 Å². The van der Waals surface area contributed by atoms with Gasteiger partial charge >= 0.3 is 0 Å². The maximum atomic E-state index is 11.6. The van der Waals surface area contributed by atoms with Gasteiger partial charge in [0, 0.05) is 18.1 Å². The Kier molecular flexibility index (Phi) is 4.88. The highest BCUT2D eigenvalue weighted by Crippen LogP contribution is 2.14. The highest BCUT2D eigenvalue weighted by molar-refractivity contribution is 7.13. The van der Waals surface area contributed by atoms with Crippen molar-refractivity contribution in [3.05, 3.63) is 41.4 Å². The number of ether oxygens (including phenoxy) is 1. The highest BCUT2D eigenvalue weighted by Gasteiger charge is 2.05. The van der Waals surface area contributed by atoms with Crippen LogP contribution in [0.25, 0.3) is 0 Å². The molecule has 0 unspecified atom stereocenters. The Balaban J connectivity index is 1.84. The minimum atomic E-state index is -0.214. The molecule has 0 spiro atoms. The van der Waals surface area contributed by atoms with Crippen molar-refractivity contribution in [1.29, 1.82) is 0 Å². The minimum Gasteiger partial charge on any atom is -0.484 e. The summed E-state index contributed by atoms with van der Waals surface area (Å²) in [4.78, 5) is 15.6. The molecule has 5 nitrogen and oxygen atoms in total. The van der Waals surface area contributed by atoms with Crippen molar-refractivity contribution in [2.24, 2.45) is 0 Å². The molecule has 2 rings (SSSR count). The first-order valence-corrected chi connectivity index (χ1v) is 6.71. The molecular weight excluding hydrogens is 262 g/mol. The van der Waals surface area contributed by atoms with Crippen molar-refractivity contribution in [3.63, 3.8) is 0 Å². The van der Waals surface area contributed by atoms with Crippen LogP contribution < -0.4 is 15.4 Å². The number of nitrogens with zero attached hydrogens (tertiary/aromatic N) is 1. The van der Waals surface area contributed by atoms with Crippen LogP contribution in [-0.2, 0) is 11.3 Å². The summed E-state index contributed by atoms with van der Waals surface area (Å²) in [7, 11) is 1.88. The summed E-state index contributed by atoms with van der Waals surface area (Å²) >= 11 is 1.38. The van der Waals surface area contributed by atoms with Crippen molar-refractivity contribution in [2.75, 3.05) is 19.0 Å². The van der Waals surface area contributed by atoms with Gasteiger partial charge in [-0.2, -0.15) is 0 Å². The molecule has 6 heteroatoms. The summed E-state index contributed by atoms with van der Waals surface area (Å²) < 4.78 is 5.44. The normalized spacial score (nSPS) is 10.2. The number of carbonyl (C=O) groups is 1. The minimum absolute atomic E-state index is 0.0252. The van der Waals surface area contributed by atoms with Crippen LogP contribution >= 0.6 is 11.3 Å². The molecule has 0 radical (unpaired) electrons. The third kappa shape index (κ3) is 4.35. The zero-order valence-corrected chi connectivity index (χ0v) is 11.4. The summed E-state index contributed by atoms with van der Waals surface area (Å²) in [5.74, 6) is 0.469. The second-order valence-corrected chi connectivity index (χ2v) is 4.75. The van der Waals surface area contributed by atoms with E-state index in [1.807, 2.05) is 31.3 Å². The monoisotopic (exact) mass is 277 g/mol. The lowest BCUT2D eigenvalue weighted by Crippen LogP contribution is -2.20. The average molecular weight is 277 g/mol. The van der Waals surface area contributed by atoms with E-state index in [0.29, 0.717) is 10.9 Å². The number of anilines is 1. The van der Waals surface area contributed by atoms with Gasteiger partial charge < -0.3 is 10.1 Å². The van der Waals surface area contributed by atoms with E-state index >= 15 is 0 Å². The van der Waals surface area contributed by atoms with E-state index in [1.54, 1.807) is 11.6 Å². The Morgan fingerprint density at radius 2 is 2.37 bits per heavy atom. The molecule has 0 atom stereocenters. The maximum absolute atomic E-state index is 11.6. The number of amides is 1. The number of thiazole rings is 1. The van der Waals surface area contributed by atoms with Crippen molar-refractivity contribution in [1.82, 2.24) is 10.3 Å². The number of hydrogen-bond donors (Lipinski definition) is 2. The number of benzene rings is 1. The van der Waals surface area contributed by atoms with E-state index < -0.39 is 0 Å². The van der Waals surface area contributed by atoms with Crippen LogP contribution in [0.15, 0.2) is 35.8 Å². The van der Waals surface area contributed by atoms with Crippen molar-refractivity contribution < 1.29 is 9.53 Å². The van der Waals surface area contributed by atoms with Gasteiger partial charge in [0.25, 0.3) is 5.91 Å². The first-order valence-electron chi connectivity index (χ1n) is 5.83. The van der Waals surface area contributed by atoms with Gasteiger partial charge in [0.2, 0.25) is 0 Å². The third-order valence-corrected chi connectivity index (χ3v) is 3.02. The van der Waals surface area contributed by atoms with Gasteiger partial charge in [-0.15, -0.1) is 11.3 Å². The van der Waals surface area contributed by atoms with E-state index in [4.69, 9.17) is 4.74 Å². The predicted molar refractivity (Wildman–Crippen MR) is 75.4 cm³/mol. The summed E-state index contributed by atoms with van der Waals surface area (Å²) in [6.45, 7) is 0.741. The Morgan fingerprint density at radius 1 is 1.47 bits per heavy atom. The molecule has 100 valence electrons. The van der Waals surface area contributed by atoms with Gasteiger partial charge in [0.15, 0.2) is 11.7 Å². The molecule has 0 saturated heterocycles. The molecule has 0 aliphatic heterocycles. The van der Waals surface area contributed by atoms with Gasteiger partial charge in [-0.1, -0.05) is 12.1 Å². The fraction of sp³-hybridized carbons (Fsp3) is 0.231. The number of aromatic nitrogens is 1. The summed E-state index contributed by atoms with van der Waals surface area (Å²) in [6.07, 6.45) is 1.64. The number of carbonyl (C=O) groups excluding carboxylic acids is 1. The van der Waals surface area contributed by atoms with E-state index in [1.165, 1.54) is 11.3 Å². The molecular formula is C13H15N3O2S. The van der Waals surface area contributed by atoms with Gasteiger partial charge in [0.1, 0.15) is 5.75 Å². The smallest absolute Gasteiger partial charge is 0.264 e. The van der Waals surface area contributed by atoms with Crippen LogP contribution in [0.4, 0.5) is 5.13 Å². The molecule has 1 amide bonds. The third-order valence-electron chi connectivity index (χ3n) is 2.33. The molecule has 1 aromatic heterocycles. The van der Waals surface area contributed by atoms with E-state index in [9.17, 15) is 4.79 Å². The van der Waals surface area contributed by atoms with Gasteiger partial charge in [-0.25, -0.2) is 4.98 Å². The second-order valence-electron chi connectivity index (χ2n) is 3.85. The molecule has 1 heterocycles. The second kappa shape index (κ2) is 6.86. The lowest BCUT2D eigenvalue weighted by Gasteiger charge is -2.07. The molecule has 1 aromatic carbocycles. The summed E-state index contributed by atoms with van der Waals surface area (Å²) in [5.41, 5.74) is 1.11. The predicted octanol–water partition coefficient (Wildman–Crippen LogP) is 1.88. The highest BCUT2D eigenvalue weighted by atomic mass is 32.1. The molecule has 2 N–H and O–H groups in total. The Hall–Kier alpha value is -1.92. The standard InChI is InChI=1S/C13H15N3O2S/c1-14-8-10-3-2-4-11(7-10)18-9-12(17)16-13-15-5-6-19-13/h2-7,14H,8-9H2,1H3,(H,15,16,17). The number of hydrogen-bond acceptors (Lipinski definition) is 5. The fourth-order valence-electron chi connectivity index (χ4n) is 1.54. The largest absolute Gasteiger partial charge is 0.484 e. The Labute approximate surface area is 115 Å². The Morgan fingerprint density at radius 3 is 3.11 bits per heavy atom. The van der Waals surface area contributed by atoms with Crippen molar-refractivity contribution >= 4 is 22.4 Å². The zero-order valence-electron chi connectivity index (χ0n) is 10.6. The van der Waals surface area contributed by atoms with Gasteiger partial charge in [-0.05, 0) is 24.7 Å². The SMILES string of the molecule is CNCc1cccc(OCC(=O)Nc2nccs2)c1. The van der Waals surface area contributed by atoms with Crippen molar-refractivity contribution in [2.45, 2.75) is 6.54 Å². The van der Waals surface area contributed by atoms with Gasteiger partial charge in [0.05, 0.1) is 0 Å². The van der Waals surface area contributed by atoms with Crippen molar-refractivity contribution in [3.8, 4) is 5.75 Å². The number of nitrogens with one attached hydrogen (secondary N) is 2. The lowest BCUT2D eigenvalue weighted by atomic mass is 10.2. The maximum Gasteiger partial charge on any atom is 0.264 e. The van der Waals surface area contributed by atoms with Crippen LogP contribution in [0.5, 0.6) is 5.75 Å². The first kappa shape index (κ1) is 13.5. The fourth-order valence-corrected chi connectivity index (χ4v) is 2.08. The molecule has 0 bridgehead atoms. The molecule has 19 heavy (non-hydrogen) atoms. The van der Waals surface area contributed by atoms with Crippen LogP contribution in [-0.4, -0.2) is 24.5 Å². The van der Waals surface area contributed by atoms with Crippen LogP contribution in [0, 0.1) is 0 Å². The van der Waals surface area contributed by atoms with E-state index in [-0.39, 0.29) is 12.5 Å². The topological polar surface area (TPSA) is 63.2 Å².